The smallest absolute Gasteiger partial charge is 0.315 e. The molecule has 1 aliphatic heterocycles. The molecule has 0 unspecified atom stereocenters. The summed E-state index contributed by atoms with van der Waals surface area (Å²) in [6.07, 6.45) is 1.71. The van der Waals surface area contributed by atoms with Gasteiger partial charge < -0.3 is 23.7 Å². The van der Waals surface area contributed by atoms with E-state index in [4.69, 9.17) is 23.7 Å². The molecule has 0 bridgehead atoms. The van der Waals surface area contributed by atoms with E-state index >= 15 is 0 Å². The first-order chi connectivity index (χ1) is 16.4. The predicted octanol–water partition coefficient (Wildman–Crippen LogP) is 4.79. The summed E-state index contributed by atoms with van der Waals surface area (Å²) in [7, 11) is 4.69. The van der Waals surface area contributed by atoms with Gasteiger partial charge in [0, 0.05) is 11.1 Å². The fourth-order valence-corrected chi connectivity index (χ4v) is 3.64. The van der Waals surface area contributed by atoms with Crippen LogP contribution in [0.2, 0.25) is 0 Å². The molecule has 0 aliphatic carbocycles. The molecule has 174 valence electrons. The van der Waals surface area contributed by atoms with Crippen LogP contribution in [-0.2, 0) is 11.2 Å². The van der Waals surface area contributed by atoms with E-state index in [0.717, 1.165) is 5.56 Å². The summed E-state index contributed by atoms with van der Waals surface area (Å²) in [6.45, 7) is 1.75. The summed E-state index contributed by atoms with van der Waals surface area (Å²) in [6, 6.07) is 15.7. The van der Waals surface area contributed by atoms with Crippen LogP contribution in [0.5, 0.6) is 28.7 Å². The topological polar surface area (TPSA) is 80.3 Å². The lowest BCUT2D eigenvalue weighted by Gasteiger charge is -2.10. The van der Waals surface area contributed by atoms with Gasteiger partial charge in [-0.1, -0.05) is 12.1 Å². The molecule has 4 rings (SSSR count). The van der Waals surface area contributed by atoms with Gasteiger partial charge in [0.15, 0.2) is 5.76 Å². The molecule has 7 heteroatoms. The lowest BCUT2D eigenvalue weighted by Crippen LogP contribution is -2.12. The lowest BCUT2D eigenvalue weighted by molar-refractivity contribution is -0.133. The summed E-state index contributed by atoms with van der Waals surface area (Å²) < 4.78 is 27.3. The van der Waals surface area contributed by atoms with Crippen molar-refractivity contribution < 1.29 is 33.3 Å². The first kappa shape index (κ1) is 22.9. The number of rotatable bonds is 7. The minimum absolute atomic E-state index is 0.0983. The monoisotopic (exact) mass is 460 g/mol. The fourth-order valence-electron chi connectivity index (χ4n) is 3.64. The van der Waals surface area contributed by atoms with E-state index in [0.29, 0.717) is 45.4 Å². The Morgan fingerprint density at radius 2 is 1.56 bits per heavy atom. The number of hydrogen-bond donors (Lipinski definition) is 0. The molecule has 0 N–H and O–H groups in total. The summed E-state index contributed by atoms with van der Waals surface area (Å²) >= 11 is 0. The molecule has 0 amide bonds. The molecular formula is C27H24O7. The molecule has 0 fully saturated rings. The van der Waals surface area contributed by atoms with Gasteiger partial charge in [0.25, 0.3) is 0 Å². The Labute approximate surface area is 197 Å². The highest BCUT2D eigenvalue weighted by Gasteiger charge is 2.31. The van der Waals surface area contributed by atoms with Crippen LogP contribution in [0.25, 0.3) is 6.08 Å². The number of benzene rings is 3. The van der Waals surface area contributed by atoms with Crippen molar-refractivity contribution in [2.24, 2.45) is 0 Å². The highest BCUT2D eigenvalue weighted by atomic mass is 16.5. The van der Waals surface area contributed by atoms with Crippen LogP contribution in [0.1, 0.15) is 27.0 Å². The molecule has 1 heterocycles. The van der Waals surface area contributed by atoms with Crippen LogP contribution < -0.4 is 23.7 Å². The molecular weight excluding hydrogens is 436 g/mol. The van der Waals surface area contributed by atoms with E-state index in [9.17, 15) is 9.59 Å². The number of ketones is 1. The predicted molar refractivity (Wildman–Crippen MR) is 126 cm³/mol. The second-order valence-electron chi connectivity index (χ2n) is 7.61. The Morgan fingerprint density at radius 3 is 2.24 bits per heavy atom. The molecule has 0 radical (unpaired) electrons. The molecule has 34 heavy (non-hydrogen) atoms. The highest BCUT2D eigenvalue weighted by molar-refractivity contribution is 6.15. The molecule has 0 saturated heterocycles. The van der Waals surface area contributed by atoms with Gasteiger partial charge in [-0.2, -0.15) is 0 Å². The maximum Gasteiger partial charge on any atom is 0.315 e. The number of hydrogen-bond acceptors (Lipinski definition) is 7. The molecule has 0 saturated carbocycles. The van der Waals surface area contributed by atoms with Gasteiger partial charge in [0.1, 0.15) is 28.7 Å². The van der Waals surface area contributed by atoms with Gasteiger partial charge in [-0.3, -0.25) is 9.59 Å². The number of fused-ring (bicyclic) bond motifs is 1. The number of esters is 1. The van der Waals surface area contributed by atoms with Crippen molar-refractivity contribution >= 4 is 17.8 Å². The Hall–Kier alpha value is -4.26. The van der Waals surface area contributed by atoms with Gasteiger partial charge in [-0.05, 0) is 61.0 Å². The third-order valence-corrected chi connectivity index (χ3v) is 5.49. The summed E-state index contributed by atoms with van der Waals surface area (Å²) in [5.41, 5.74) is 2.41. The van der Waals surface area contributed by atoms with Crippen molar-refractivity contribution in [2.45, 2.75) is 13.3 Å². The standard InChI is InChI=1S/C27H24O7/c1-16-22(33-25(28)13-17-5-7-19(30-2)8-6-17)12-10-21-26(29)24(34-27(16)21)15-18-14-20(31-3)9-11-23(18)32-4/h5-12,14-15H,13H2,1-4H3/b24-15-. The largest absolute Gasteiger partial charge is 0.497 e. The normalized spacial score (nSPS) is 13.3. The van der Waals surface area contributed by atoms with Crippen LogP contribution >= 0.6 is 0 Å². The number of carbonyl (C=O) groups is 2. The quantitative estimate of drug-likeness (QED) is 0.285. The Bertz CT molecular complexity index is 1270. The van der Waals surface area contributed by atoms with E-state index in [1.807, 2.05) is 0 Å². The Morgan fingerprint density at radius 1 is 0.882 bits per heavy atom. The van der Waals surface area contributed by atoms with Crippen LogP contribution in [0.3, 0.4) is 0 Å². The number of methoxy groups -OCH3 is 3. The van der Waals surface area contributed by atoms with Crippen molar-refractivity contribution in [1.82, 2.24) is 0 Å². The maximum absolute atomic E-state index is 13.0. The number of carbonyl (C=O) groups excluding carboxylic acids is 2. The van der Waals surface area contributed by atoms with Crippen LogP contribution in [0.4, 0.5) is 0 Å². The van der Waals surface area contributed by atoms with Crippen LogP contribution in [0.15, 0.2) is 60.4 Å². The SMILES string of the molecule is COc1ccc(CC(=O)Oc2ccc3c(c2C)O/C(=C\c2cc(OC)ccc2OC)C3=O)cc1. The van der Waals surface area contributed by atoms with Gasteiger partial charge in [-0.15, -0.1) is 0 Å². The van der Waals surface area contributed by atoms with E-state index in [1.165, 1.54) is 0 Å². The summed E-state index contributed by atoms with van der Waals surface area (Å²) in [5, 5.41) is 0. The molecule has 1 aliphatic rings. The van der Waals surface area contributed by atoms with Crippen LogP contribution in [0, 0.1) is 6.92 Å². The minimum Gasteiger partial charge on any atom is -0.497 e. The zero-order valence-electron chi connectivity index (χ0n) is 19.3. The highest BCUT2D eigenvalue weighted by Crippen LogP contribution is 2.40. The van der Waals surface area contributed by atoms with E-state index in [1.54, 1.807) is 88.9 Å². The minimum atomic E-state index is -0.422. The van der Waals surface area contributed by atoms with E-state index in [-0.39, 0.29) is 18.0 Å². The lowest BCUT2D eigenvalue weighted by atomic mass is 10.1. The van der Waals surface area contributed by atoms with E-state index in [2.05, 4.69) is 0 Å². The van der Waals surface area contributed by atoms with Gasteiger partial charge in [-0.25, -0.2) is 0 Å². The number of allylic oxidation sites excluding steroid dienone is 1. The van der Waals surface area contributed by atoms with Crippen molar-refractivity contribution in [2.75, 3.05) is 21.3 Å². The molecule has 0 spiro atoms. The third kappa shape index (κ3) is 4.59. The average molecular weight is 460 g/mol. The summed E-state index contributed by atoms with van der Waals surface area (Å²) in [4.78, 5) is 25.4. The second-order valence-corrected chi connectivity index (χ2v) is 7.61. The van der Waals surface area contributed by atoms with Gasteiger partial charge in [0.05, 0.1) is 33.3 Å². The van der Waals surface area contributed by atoms with Gasteiger partial charge in [0.2, 0.25) is 5.78 Å². The number of ether oxygens (including phenoxy) is 5. The first-order valence-electron chi connectivity index (χ1n) is 10.6. The summed E-state index contributed by atoms with van der Waals surface area (Å²) in [5.74, 6) is 2.07. The average Bonchev–Trinajstić information content (AvgIpc) is 3.17. The van der Waals surface area contributed by atoms with Crippen molar-refractivity contribution in [1.29, 1.82) is 0 Å². The maximum atomic E-state index is 13.0. The Balaban J connectivity index is 1.55. The van der Waals surface area contributed by atoms with Gasteiger partial charge >= 0.3 is 5.97 Å². The van der Waals surface area contributed by atoms with E-state index < -0.39 is 5.97 Å². The fraction of sp³-hybridized carbons (Fsp3) is 0.185. The molecule has 0 aromatic heterocycles. The molecule has 0 atom stereocenters. The molecule has 7 nitrogen and oxygen atoms in total. The third-order valence-electron chi connectivity index (χ3n) is 5.49. The first-order valence-corrected chi connectivity index (χ1v) is 10.6. The second kappa shape index (κ2) is 9.70. The van der Waals surface area contributed by atoms with Crippen molar-refractivity contribution in [3.63, 3.8) is 0 Å². The molecule has 3 aromatic rings. The zero-order valence-corrected chi connectivity index (χ0v) is 19.3. The zero-order chi connectivity index (χ0) is 24.2. The Kier molecular flexibility index (Phi) is 6.54. The van der Waals surface area contributed by atoms with Crippen molar-refractivity contribution in [3.05, 3.63) is 82.6 Å². The number of Topliss-reactive ketones (excluding diaryl/α,β-unsaturated/α-hetero) is 1. The molecule has 3 aromatic carbocycles. The van der Waals surface area contributed by atoms with Crippen LogP contribution in [-0.4, -0.2) is 33.1 Å². The van der Waals surface area contributed by atoms with Crippen molar-refractivity contribution in [3.8, 4) is 28.7 Å².